The second-order valence-electron chi connectivity index (χ2n) is 4.47. The maximum atomic E-state index is 6.02. The molecule has 3 nitrogen and oxygen atoms in total. The van der Waals surface area contributed by atoms with Crippen LogP contribution in [0.5, 0.6) is 0 Å². The third kappa shape index (κ3) is 3.16. The van der Waals surface area contributed by atoms with Gasteiger partial charge in [0.15, 0.2) is 0 Å². The molecule has 0 aromatic rings. The average molecular weight is 214 g/mol. The van der Waals surface area contributed by atoms with Gasteiger partial charge in [-0.05, 0) is 38.8 Å². The molecule has 90 valence electrons. The molecule has 15 heavy (non-hydrogen) atoms. The molecule has 2 N–H and O–H groups in total. The maximum Gasteiger partial charge on any atom is 0.0484 e. The predicted octanol–water partition coefficient (Wildman–Crippen LogP) is 1.62. The summed E-state index contributed by atoms with van der Waals surface area (Å²) in [6, 6.07) is 0. The third-order valence-corrected chi connectivity index (χ3v) is 3.57. The van der Waals surface area contributed by atoms with Crippen molar-refractivity contribution in [3.8, 4) is 0 Å². The number of nitrogens with two attached hydrogens (primary N) is 1. The van der Waals surface area contributed by atoms with Crippen molar-refractivity contribution in [2.45, 2.75) is 45.1 Å². The Kier molecular flexibility index (Phi) is 5.58. The highest BCUT2D eigenvalue weighted by atomic mass is 16.5. The Bertz CT molecular complexity index is 165. The normalized spacial score (nSPS) is 28.0. The molecule has 1 atom stereocenters. The number of likely N-dealkylation sites (N-methyl/N-ethyl adjacent to an activating group) is 1. The van der Waals surface area contributed by atoms with E-state index in [1.165, 1.54) is 12.8 Å². The lowest BCUT2D eigenvalue weighted by Gasteiger charge is -2.42. The van der Waals surface area contributed by atoms with Gasteiger partial charge in [0.1, 0.15) is 0 Å². The van der Waals surface area contributed by atoms with Gasteiger partial charge in [-0.25, -0.2) is 0 Å². The molecule has 3 heteroatoms. The van der Waals surface area contributed by atoms with Crippen LogP contribution in [0.1, 0.15) is 39.5 Å². The summed E-state index contributed by atoms with van der Waals surface area (Å²) in [4.78, 5) is 2.56. The summed E-state index contributed by atoms with van der Waals surface area (Å²) in [5, 5.41) is 0. The van der Waals surface area contributed by atoms with Crippen molar-refractivity contribution in [3.63, 3.8) is 0 Å². The number of hydrogen-bond donors (Lipinski definition) is 1. The Labute approximate surface area is 94.0 Å². The molecule has 0 bridgehead atoms. The van der Waals surface area contributed by atoms with E-state index in [4.69, 9.17) is 10.5 Å². The van der Waals surface area contributed by atoms with Crippen molar-refractivity contribution in [2.24, 2.45) is 5.73 Å². The van der Waals surface area contributed by atoms with Crippen LogP contribution in [0.2, 0.25) is 0 Å². The molecule has 0 radical (unpaired) electrons. The molecule has 0 spiro atoms. The Hall–Kier alpha value is -0.120. The molecule has 1 aliphatic heterocycles. The maximum absolute atomic E-state index is 6.02. The molecule has 1 aliphatic rings. The summed E-state index contributed by atoms with van der Waals surface area (Å²) in [6.45, 7) is 9.28. The van der Waals surface area contributed by atoms with Gasteiger partial charge in [0.05, 0.1) is 0 Å². The first kappa shape index (κ1) is 12.9. The second kappa shape index (κ2) is 6.46. The Morgan fingerprint density at radius 1 is 1.27 bits per heavy atom. The van der Waals surface area contributed by atoms with E-state index in [9.17, 15) is 0 Å². The van der Waals surface area contributed by atoms with Gasteiger partial charge in [-0.2, -0.15) is 0 Å². The highest BCUT2D eigenvalue weighted by molar-refractivity contribution is 4.92. The minimum Gasteiger partial charge on any atom is -0.381 e. The van der Waals surface area contributed by atoms with E-state index in [-0.39, 0.29) is 5.54 Å². The van der Waals surface area contributed by atoms with Crippen molar-refractivity contribution < 1.29 is 4.74 Å². The van der Waals surface area contributed by atoms with Gasteiger partial charge >= 0.3 is 0 Å². The lowest BCUT2D eigenvalue weighted by molar-refractivity contribution is 0.0714. The first-order chi connectivity index (χ1) is 7.29. The number of rotatable bonds is 5. The van der Waals surface area contributed by atoms with E-state index < -0.39 is 0 Å². The van der Waals surface area contributed by atoms with Gasteiger partial charge in [0.2, 0.25) is 0 Å². The molecule has 1 unspecified atom stereocenters. The Morgan fingerprint density at radius 2 is 2.07 bits per heavy atom. The topological polar surface area (TPSA) is 38.5 Å². The van der Waals surface area contributed by atoms with Crippen molar-refractivity contribution in [2.75, 3.05) is 32.8 Å². The molecule has 0 saturated carbocycles. The largest absolute Gasteiger partial charge is 0.381 e. The van der Waals surface area contributed by atoms with Crippen LogP contribution in [0.15, 0.2) is 0 Å². The van der Waals surface area contributed by atoms with Crippen LogP contribution in [-0.4, -0.2) is 43.3 Å². The molecule has 0 aromatic heterocycles. The van der Waals surface area contributed by atoms with Crippen molar-refractivity contribution >= 4 is 0 Å². The Morgan fingerprint density at radius 3 is 2.67 bits per heavy atom. The van der Waals surface area contributed by atoms with E-state index >= 15 is 0 Å². The molecular weight excluding hydrogens is 188 g/mol. The molecule has 1 heterocycles. The summed E-state index contributed by atoms with van der Waals surface area (Å²) in [6.07, 6.45) is 4.64. The van der Waals surface area contributed by atoms with Crippen LogP contribution in [0.25, 0.3) is 0 Å². The van der Waals surface area contributed by atoms with E-state index in [0.29, 0.717) is 0 Å². The molecular formula is C12H26N2O. The lowest BCUT2D eigenvalue weighted by atomic mass is 9.88. The van der Waals surface area contributed by atoms with Gasteiger partial charge in [-0.15, -0.1) is 0 Å². The van der Waals surface area contributed by atoms with Gasteiger partial charge in [-0.1, -0.05) is 13.8 Å². The Balaban J connectivity index is 2.69. The minimum atomic E-state index is 0.210. The highest BCUT2D eigenvalue weighted by Gasteiger charge is 2.34. The van der Waals surface area contributed by atoms with Crippen LogP contribution in [0, 0.1) is 0 Å². The summed E-state index contributed by atoms with van der Waals surface area (Å²) in [5.41, 5.74) is 6.23. The second-order valence-corrected chi connectivity index (χ2v) is 4.47. The molecule has 0 aromatic carbocycles. The van der Waals surface area contributed by atoms with Crippen molar-refractivity contribution in [1.82, 2.24) is 4.90 Å². The summed E-state index contributed by atoms with van der Waals surface area (Å²) >= 11 is 0. The van der Waals surface area contributed by atoms with E-state index in [0.717, 1.165) is 45.7 Å². The minimum absolute atomic E-state index is 0.210. The first-order valence-corrected chi connectivity index (χ1v) is 6.32. The van der Waals surface area contributed by atoms with Gasteiger partial charge in [0.25, 0.3) is 0 Å². The summed E-state index contributed by atoms with van der Waals surface area (Å²) in [5.74, 6) is 0. The zero-order chi connectivity index (χ0) is 11.1. The van der Waals surface area contributed by atoms with E-state index in [2.05, 4.69) is 18.7 Å². The third-order valence-electron chi connectivity index (χ3n) is 3.57. The quantitative estimate of drug-likeness (QED) is 0.756. The number of nitrogens with zero attached hydrogens (tertiary/aromatic N) is 1. The fraction of sp³-hybridized carbons (Fsp3) is 1.00. The molecule has 0 amide bonds. The molecule has 0 aliphatic carbocycles. The molecule has 1 rings (SSSR count). The predicted molar refractivity (Wildman–Crippen MR) is 64.0 cm³/mol. The zero-order valence-corrected chi connectivity index (χ0v) is 10.3. The van der Waals surface area contributed by atoms with Crippen LogP contribution in [0.4, 0.5) is 0 Å². The zero-order valence-electron chi connectivity index (χ0n) is 10.3. The molecule has 1 fully saturated rings. The van der Waals surface area contributed by atoms with Crippen LogP contribution >= 0.6 is 0 Å². The van der Waals surface area contributed by atoms with Crippen molar-refractivity contribution in [1.29, 1.82) is 0 Å². The van der Waals surface area contributed by atoms with Crippen LogP contribution < -0.4 is 5.73 Å². The number of hydrogen-bond acceptors (Lipinski definition) is 3. The fourth-order valence-electron chi connectivity index (χ4n) is 2.64. The van der Waals surface area contributed by atoms with Gasteiger partial charge in [0, 0.05) is 25.3 Å². The van der Waals surface area contributed by atoms with Gasteiger partial charge < -0.3 is 10.5 Å². The standard InChI is InChI=1S/C12H26N2O/c1-3-8-14(4-2)12(11-13)6-5-9-15-10-7-12/h3-11,13H2,1-2H3. The molecule has 1 saturated heterocycles. The van der Waals surface area contributed by atoms with Gasteiger partial charge in [-0.3, -0.25) is 4.90 Å². The lowest BCUT2D eigenvalue weighted by Crippen LogP contribution is -2.54. The fourth-order valence-corrected chi connectivity index (χ4v) is 2.64. The number of ether oxygens (including phenoxy) is 1. The first-order valence-electron chi connectivity index (χ1n) is 6.32. The summed E-state index contributed by atoms with van der Waals surface area (Å²) < 4.78 is 5.54. The van der Waals surface area contributed by atoms with Crippen molar-refractivity contribution in [3.05, 3.63) is 0 Å². The van der Waals surface area contributed by atoms with E-state index in [1.807, 2.05) is 0 Å². The summed E-state index contributed by atoms with van der Waals surface area (Å²) in [7, 11) is 0. The average Bonchev–Trinajstić information content (AvgIpc) is 2.52. The monoisotopic (exact) mass is 214 g/mol. The van der Waals surface area contributed by atoms with Crippen LogP contribution in [-0.2, 0) is 4.74 Å². The highest BCUT2D eigenvalue weighted by Crippen LogP contribution is 2.27. The van der Waals surface area contributed by atoms with Crippen LogP contribution in [0.3, 0.4) is 0 Å². The smallest absolute Gasteiger partial charge is 0.0484 e. The SMILES string of the molecule is CCCN(CC)C1(CN)CCCOCC1. The van der Waals surface area contributed by atoms with E-state index in [1.54, 1.807) is 0 Å².